The first-order chi connectivity index (χ1) is 10.0. The number of ether oxygens (including phenoxy) is 1. The molecule has 0 aliphatic heterocycles. The standard InChI is InChI=1S/C15H13F3N2O/c16-15(17,18)21-13-5-3-11(4-6-13)14(10-1-2-10)12-7-19-9-20-8-12/h3-10,14H,1-2H2. The zero-order valence-electron chi connectivity index (χ0n) is 11.0. The van der Waals surface area contributed by atoms with Crippen LogP contribution in [0.25, 0.3) is 0 Å². The van der Waals surface area contributed by atoms with Gasteiger partial charge in [-0.3, -0.25) is 0 Å². The van der Waals surface area contributed by atoms with Gasteiger partial charge in [0.2, 0.25) is 0 Å². The second kappa shape index (κ2) is 5.35. The van der Waals surface area contributed by atoms with Crippen molar-refractivity contribution in [2.75, 3.05) is 0 Å². The van der Waals surface area contributed by atoms with Crippen LogP contribution in [0.5, 0.6) is 5.75 Å². The first-order valence-electron chi connectivity index (χ1n) is 6.63. The summed E-state index contributed by atoms with van der Waals surface area (Å²) in [5, 5.41) is 0. The molecule has 2 aromatic rings. The largest absolute Gasteiger partial charge is 0.573 e. The third-order valence-corrected chi connectivity index (χ3v) is 3.51. The van der Waals surface area contributed by atoms with Crippen LogP contribution in [0.2, 0.25) is 0 Å². The molecule has 21 heavy (non-hydrogen) atoms. The van der Waals surface area contributed by atoms with E-state index in [0.717, 1.165) is 24.0 Å². The Kier molecular flexibility index (Phi) is 3.53. The van der Waals surface area contributed by atoms with Gasteiger partial charge in [-0.05, 0) is 42.0 Å². The van der Waals surface area contributed by atoms with Crippen LogP contribution in [0.15, 0.2) is 43.0 Å². The topological polar surface area (TPSA) is 35.0 Å². The van der Waals surface area contributed by atoms with Crippen molar-refractivity contribution in [2.24, 2.45) is 5.92 Å². The molecule has 3 nitrogen and oxygen atoms in total. The van der Waals surface area contributed by atoms with Crippen molar-refractivity contribution in [3.63, 3.8) is 0 Å². The number of aromatic nitrogens is 2. The highest BCUT2D eigenvalue weighted by Gasteiger charge is 2.34. The maximum absolute atomic E-state index is 12.2. The third-order valence-electron chi connectivity index (χ3n) is 3.51. The van der Waals surface area contributed by atoms with Crippen molar-refractivity contribution in [3.8, 4) is 5.75 Å². The molecule has 0 amide bonds. The van der Waals surface area contributed by atoms with Crippen molar-refractivity contribution in [2.45, 2.75) is 25.1 Å². The van der Waals surface area contributed by atoms with E-state index in [1.807, 2.05) is 0 Å². The van der Waals surface area contributed by atoms with Gasteiger partial charge in [-0.1, -0.05) is 12.1 Å². The zero-order chi connectivity index (χ0) is 14.9. The highest BCUT2D eigenvalue weighted by Crippen LogP contribution is 2.46. The van der Waals surface area contributed by atoms with Gasteiger partial charge in [-0.15, -0.1) is 13.2 Å². The van der Waals surface area contributed by atoms with E-state index in [4.69, 9.17) is 0 Å². The normalized spacial score (nSPS) is 16.5. The van der Waals surface area contributed by atoms with Gasteiger partial charge in [0.25, 0.3) is 0 Å². The van der Waals surface area contributed by atoms with Crippen LogP contribution in [0.3, 0.4) is 0 Å². The fourth-order valence-electron chi connectivity index (χ4n) is 2.51. The molecule has 1 aliphatic carbocycles. The van der Waals surface area contributed by atoms with E-state index >= 15 is 0 Å². The zero-order valence-corrected chi connectivity index (χ0v) is 11.0. The Balaban J connectivity index is 1.84. The van der Waals surface area contributed by atoms with Crippen molar-refractivity contribution in [1.29, 1.82) is 0 Å². The average molecular weight is 294 g/mol. The summed E-state index contributed by atoms with van der Waals surface area (Å²) in [5.41, 5.74) is 1.95. The van der Waals surface area contributed by atoms with Crippen LogP contribution in [0.4, 0.5) is 13.2 Å². The number of alkyl halides is 3. The van der Waals surface area contributed by atoms with Crippen molar-refractivity contribution in [1.82, 2.24) is 9.97 Å². The first-order valence-corrected chi connectivity index (χ1v) is 6.63. The van der Waals surface area contributed by atoms with Crippen molar-refractivity contribution in [3.05, 3.63) is 54.1 Å². The Morgan fingerprint density at radius 3 is 2.14 bits per heavy atom. The van der Waals surface area contributed by atoms with Gasteiger partial charge >= 0.3 is 6.36 Å². The lowest BCUT2D eigenvalue weighted by Gasteiger charge is -2.17. The molecule has 0 radical (unpaired) electrons. The molecule has 1 aliphatic rings. The van der Waals surface area contributed by atoms with Crippen LogP contribution in [0.1, 0.15) is 29.9 Å². The van der Waals surface area contributed by atoms with Crippen molar-refractivity contribution < 1.29 is 17.9 Å². The molecule has 0 saturated heterocycles. The molecular formula is C15H13F3N2O. The Hall–Kier alpha value is -2.11. The second-order valence-corrected chi connectivity index (χ2v) is 5.10. The van der Waals surface area contributed by atoms with Crippen molar-refractivity contribution >= 4 is 0 Å². The molecule has 0 spiro atoms. The molecule has 1 fully saturated rings. The van der Waals surface area contributed by atoms with Crippen LogP contribution in [-0.4, -0.2) is 16.3 Å². The minimum absolute atomic E-state index is 0.131. The van der Waals surface area contributed by atoms with Crippen LogP contribution in [-0.2, 0) is 0 Å². The minimum atomic E-state index is -4.66. The van der Waals surface area contributed by atoms with E-state index in [2.05, 4.69) is 14.7 Å². The van der Waals surface area contributed by atoms with E-state index in [9.17, 15) is 13.2 Å². The summed E-state index contributed by atoms with van der Waals surface area (Å²) in [6, 6.07) is 6.05. The van der Waals surface area contributed by atoms with E-state index in [-0.39, 0.29) is 11.7 Å². The van der Waals surface area contributed by atoms with E-state index in [1.165, 1.54) is 18.5 Å². The molecule has 1 heterocycles. The molecule has 1 aromatic heterocycles. The molecule has 6 heteroatoms. The maximum atomic E-state index is 12.2. The smallest absolute Gasteiger partial charge is 0.406 e. The molecule has 3 rings (SSSR count). The molecule has 0 N–H and O–H groups in total. The lowest BCUT2D eigenvalue weighted by molar-refractivity contribution is -0.274. The summed E-state index contributed by atoms with van der Waals surface area (Å²) >= 11 is 0. The molecule has 1 aromatic carbocycles. The van der Waals surface area contributed by atoms with E-state index < -0.39 is 6.36 Å². The van der Waals surface area contributed by atoms with E-state index in [1.54, 1.807) is 24.5 Å². The van der Waals surface area contributed by atoms with Gasteiger partial charge in [-0.25, -0.2) is 9.97 Å². The molecule has 1 atom stereocenters. The Bertz CT molecular complexity index is 595. The summed E-state index contributed by atoms with van der Waals surface area (Å²) in [6.07, 6.45) is 2.55. The van der Waals surface area contributed by atoms with Crippen LogP contribution in [0, 0.1) is 5.92 Å². The highest BCUT2D eigenvalue weighted by atomic mass is 19.4. The summed E-state index contributed by atoms with van der Waals surface area (Å²) in [7, 11) is 0. The van der Waals surface area contributed by atoms with Crippen LogP contribution < -0.4 is 4.74 Å². The molecular weight excluding hydrogens is 281 g/mol. The number of hydrogen-bond acceptors (Lipinski definition) is 3. The Morgan fingerprint density at radius 2 is 1.62 bits per heavy atom. The quantitative estimate of drug-likeness (QED) is 0.857. The SMILES string of the molecule is FC(F)(F)Oc1ccc(C(c2cncnc2)C2CC2)cc1. The Morgan fingerprint density at radius 1 is 1.00 bits per heavy atom. The number of benzene rings is 1. The first kappa shape index (κ1) is 13.9. The number of halogens is 3. The molecule has 110 valence electrons. The number of rotatable bonds is 4. The summed E-state index contributed by atoms with van der Waals surface area (Å²) in [6.45, 7) is 0. The molecule has 0 bridgehead atoms. The Labute approximate surface area is 119 Å². The maximum Gasteiger partial charge on any atom is 0.573 e. The van der Waals surface area contributed by atoms with Gasteiger partial charge < -0.3 is 4.74 Å². The number of hydrogen-bond donors (Lipinski definition) is 0. The minimum Gasteiger partial charge on any atom is -0.406 e. The predicted octanol–water partition coefficient (Wildman–Crippen LogP) is 3.92. The average Bonchev–Trinajstić information content (AvgIpc) is 3.25. The monoisotopic (exact) mass is 294 g/mol. The van der Waals surface area contributed by atoms with Crippen LogP contribution >= 0.6 is 0 Å². The lowest BCUT2D eigenvalue weighted by atomic mass is 9.89. The summed E-state index contributed by atoms with van der Waals surface area (Å²) in [5.74, 6) is 0.432. The van der Waals surface area contributed by atoms with E-state index in [0.29, 0.717) is 5.92 Å². The predicted molar refractivity (Wildman–Crippen MR) is 69.7 cm³/mol. The fourth-order valence-corrected chi connectivity index (χ4v) is 2.51. The molecule has 1 saturated carbocycles. The summed E-state index contributed by atoms with van der Waals surface area (Å²) in [4.78, 5) is 8.05. The van der Waals surface area contributed by atoms with Gasteiger partial charge in [0.05, 0.1) is 0 Å². The number of nitrogens with zero attached hydrogens (tertiary/aromatic N) is 2. The highest BCUT2D eigenvalue weighted by molar-refractivity contribution is 5.36. The lowest BCUT2D eigenvalue weighted by Crippen LogP contribution is -2.17. The second-order valence-electron chi connectivity index (χ2n) is 5.10. The fraction of sp³-hybridized carbons (Fsp3) is 0.333. The van der Waals surface area contributed by atoms with Gasteiger partial charge in [0.15, 0.2) is 0 Å². The van der Waals surface area contributed by atoms with Gasteiger partial charge in [0.1, 0.15) is 12.1 Å². The summed E-state index contributed by atoms with van der Waals surface area (Å²) < 4.78 is 40.4. The van der Waals surface area contributed by atoms with Gasteiger partial charge in [0, 0.05) is 18.3 Å². The molecule has 1 unspecified atom stereocenters. The van der Waals surface area contributed by atoms with Gasteiger partial charge in [-0.2, -0.15) is 0 Å². The third kappa shape index (κ3) is 3.51.